The van der Waals surface area contributed by atoms with E-state index in [2.05, 4.69) is 25.1 Å². The minimum Gasteiger partial charge on any atom is -0.320 e. The minimum absolute atomic E-state index is 0.0434. The van der Waals surface area contributed by atoms with Gasteiger partial charge in [0.2, 0.25) is 10.0 Å². The van der Waals surface area contributed by atoms with Gasteiger partial charge in [-0.05, 0) is 43.2 Å². The zero-order valence-corrected chi connectivity index (χ0v) is 18.9. The fourth-order valence-corrected chi connectivity index (χ4v) is 5.48. The minimum atomic E-state index is -3.73. The van der Waals surface area contributed by atoms with Crippen LogP contribution in [0.15, 0.2) is 70.7 Å². The monoisotopic (exact) mass is 478 g/mol. The molecule has 2 aromatic heterocycles. The normalized spacial score (nSPS) is 14.5. The maximum atomic E-state index is 13.1. The van der Waals surface area contributed by atoms with Crippen LogP contribution < -0.4 is 15.6 Å². The van der Waals surface area contributed by atoms with Gasteiger partial charge in [0.15, 0.2) is 5.65 Å². The number of rotatable bonds is 6. The van der Waals surface area contributed by atoms with E-state index in [1.807, 2.05) is 0 Å². The van der Waals surface area contributed by atoms with Crippen LogP contribution in [0.2, 0.25) is 0 Å². The van der Waals surface area contributed by atoms with Gasteiger partial charge in [-0.2, -0.15) is 5.10 Å². The van der Waals surface area contributed by atoms with Crippen LogP contribution in [0.4, 0.5) is 5.69 Å². The molecule has 0 unspecified atom stereocenters. The van der Waals surface area contributed by atoms with Crippen molar-refractivity contribution in [1.82, 2.24) is 24.5 Å². The summed E-state index contributed by atoms with van der Waals surface area (Å²) in [5.74, 6) is -0.479. The van der Waals surface area contributed by atoms with Crippen molar-refractivity contribution in [3.63, 3.8) is 0 Å². The van der Waals surface area contributed by atoms with Crippen LogP contribution in [0.1, 0.15) is 36.0 Å². The smallest absolute Gasteiger partial charge is 0.261 e. The van der Waals surface area contributed by atoms with E-state index in [1.54, 1.807) is 36.4 Å². The Labute approximate surface area is 195 Å². The molecule has 3 N–H and O–H groups in total. The number of fused-ring (bicyclic) bond motifs is 1. The molecular formula is C23H22N6O4S. The van der Waals surface area contributed by atoms with Crippen LogP contribution in [-0.2, 0) is 10.0 Å². The molecule has 0 spiro atoms. The van der Waals surface area contributed by atoms with E-state index in [9.17, 15) is 18.0 Å². The molecule has 0 saturated heterocycles. The van der Waals surface area contributed by atoms with Crippen molar-refractivity contribution in [2.45, 2.75) is 36.6 Å². The second-order valence-corrected chi connectivity index (χ2v) is 9.84. The first-order valence-electron chi connectivity index (χ1n) is 10.9. The summed E-state index contributed by atoms with van der Waals surface area (Å²) in [5.41, 5.74) is 1.16. The molecule has 2 aromatic carbocycles. The number of hydrogen-bond donors (Lipinski definition) is 3. The SMILES string of the molecule is O=C(Nc1ccccc1-n1ncc2c(=O)[nH]cnc21)c1cccc(S(=O)(=O)NC2CCCC2)c1. The lowest BCUT2D eigenvalue weighted by Crippen LogP contribution is -2.32. The number of amides is 1. The van der Waals surface area contributed by atoms with E-state index in [1.165, 1.54) is 29.3 Å². The molecule has 1 amide bonds. The summed E-state index contributed by atoms with van der Waals surface area (Å²) in [5, 5.41) is 7.39. The summed E-state index contributed by atoms with van der Waals surface area (Å²) in [6, 6.07) is 12.8. The predicted molar refractivity (Wildman–Crippen MR) is 126 cm³/mol. The molecule has 1 aliphatic carbocycles. The van der Waals surface area contributed by atoms with Crippen molar-refractivity contribution in [2.75, 3.05) is 5.32 Å². The Morgan fingerprint density at radius 1 is 1.09 bits per heavy atom. The molecule has 1 saturated carbocycles. The lowest BCUT2D eigenvalue weighted by molar-refractivity contribution is 0.102. The van der Waals surface area contributed by atoms with Gasteiger partial charge in [-0.15, -0.1) is 0 Å². The van der Waals surface area contributed by atoms with Crippen molar-refractivity contribution in [3.8, 4) is 5.69 Å². The number of H-pyrrole nitrogens is 1. The summed E-state index contributed by atoms with van der Waals surface area (Å²) in [6.45, 7) is 0. The van der Waals surface area contributed by atoms with Crippen LogP contribution in [0.25, 0.3) is 16.7 Å². The van der Waals surface area contributed by atoms with Gasteiger partial charge in [0, 0.05) is 11.6 Å². The molecule has 2 heterocycles. The van der Waals surface area contributed by atoms with Gasteiger partial charge in [0.05, 0.1) is 28.8 Å². The number of para-hydroxylation sites is 2. The average Bonchev–Trinajstić information content (AvgIpc) is 3.50. The number of anilines is 1. The van der Waals surface area contributed by atoms with Gasteiger partial charge in [0.1, 0.15) is 5.39 Å². The Morgan fingerprint density at radius 2 is 1.88 bits per heavy atom. The standard InChI is InChI=1S/C23H22N6O4S/c30-22(15-6-5-9-17(12-15)34(32,33)28-16-7-1-2-8-16)27-19-10-3-4-11-20(19)29-21-18(13-26-29)23(31)25-14-24-21/h3-6,9-14,16,28H,1-2,7-8H2,(H,27,30)(H,24,25,31). The van der Waals surface area contributed by atoms with Crippen LogP contribution in [0.5, 0.6) is 0 Å². The highest BCUT2D eigenvalue weighted by molar-refractivity contribution is 7.89. The molecule has 1 fully saturated rings. The van der Waals surface area contributed by atoms with Crippen molar-refractivity contribution < 1.29 is 13.2 Å². The molecule has 10 nitrogen and oxygen atoms in total. The van der Waals surface area contributed by atoms with Crippen LogP contribution >= 0.6 is 0 Å². The lowest BCUT2D eigenvalue weighted by atomic mass is 10.2. The molecule has 0 atom stereocenters. The largest absolute Gasteiger partial charge is 0.320 e. The average molecular weight is 479 g/mol. The first-order chi connectivity index (χ1) is 16.4. The summed E-state index contributed by atoms with van der Waals surface area (Å²) in [6.07, 6.45) is 6.34. The number of aromatic amines is 1. The van der Waals surface area contributed by atoms with Crippen molar-refractivity contribution in [1.29, 1.82) is 0 Å². The Balaban J connectivity index is 1.43. The van der Waals surface area contributed by atoms with Crippen molar-refractivity contribution >= 4 is 32.7 Å². The first-order valence-corrected chi connectivity index (χ1v) is 12.4. The first kappa shape index (κ1) is 22.0. The second-order valence-electron chi connectivity index (χ2n) is 8.13. The van der Waals surface area contributed by atoms with Gasteiger partial charge >= 0.3 is 0 Å². The Morgan fingerprint density at radius 3 is 2.71 bits per heavy atom. The van der Waals surface area contributed by atoms with Gasteiger partial charge in [-0.25, -0.2) is 22.8 Å². The molecule has 0 aliphatic heterocycles. The Bertz CT molecular complexity index is 1540. The van der Waals surface area contributed by atoms with E-state index < -0.39 is 15.9 Å². The third-order valence-corrected chi connectivity index (χ3v) is 7.35. The quantitative estimate of drug-likeness (QED) is 0.389. The molecule has 4 aromatic rings. The van der Waals surface area contributed by atoms with Gasteiger partial charge in [-0.1, -0.05) is 31.0 Å². The molecule has 174 valence electrons. The Hall–Kier alpha value is -3.83. The molecule has 11 heteroatoms. The number of benzene rings is 2. The number of hydrogen-bond acceptors (Lipinski definition) is 6. The lowest BCUT2D eigenvalue weighted by Gasteiger charge is -2.14. The number of nitrogens with one attached hydrogen (secondary N) is 3. The summed E-state index contributed by atoms with van der Waals surface area (Å²) >= 11 is 0. The third kappa shape index (κ3) is 4.22. The number of carbonyl (C=O) groups is 1. The highest BCUT2D eigenvalue weighted by Gasteiger charge is 2.24. The predicted octanol–water partition coefficient (Wildman–Crippen LogP) is 2.58. The topological polar surface area (TPSA) is 139 Å². The van der Waals surface area contributed by atoms with E-state index >= 15 is 0 Å². The molecule has 5 rings (SSSR count). The van der Waals surface area contributed by atoms with Gasteiger partial charge in [0.25, 0.3) is 11.5 Å². The molecule has 34 heavy (non-hydrogen) atoms. The molecular weight excluding hydrogens is 456 g/mol. The zero-order chi connectivity index (χ0) is 23.7. The maximum absolute atomic E-state index is 13.1. The van der Waals surface area contributed by atoms with Crippen LogP contribution in [0, 0.1) is 0 Å². The number of aromatic nitrogens is 4. The highest BCUT2D eigenvalue weighted by Crippen LogP contribution is 2.24. The molecule has 0 radical (unpaired) electrons. The van der Waals surface area contributed by atoms with Crippen molar-refractivity contribution in [3.05, 3.63) is 77.0 Å². The third-order valence-electron chi connectivity index (χ3n) is 5.83. The number of sulfonamides is 1. The van der Waals surface area contributed by atoms with Crippen LogP contribution in [-0.4, -0.2) is 40.1 Å². The van der Waals surface area contributed by atoms with E-state index in [-0.39, 0.29) is 22.1 Å². The zero-order valence-electron chi connectivity index (χ0n) is 18.1. The number of carbonyl (C=O) groups excluding carboxylic acids is 1. The van der Waals surface area contributed by atoms with Crippen LogP contribution in [0.3, 0.4) is 0 Å². The molecule has 0 bridgehead atoms. The summed E-state index contributed by atoms with van der Waals surface area (Å²) < 4.78 is 29.8. The Kier molecular flexibility index (Phi) is 5.72. The van der Waals surface area contributed by atoms with E-state index in [4.69, 9.17) is 0 Å². The maximum Gasteiger partial charge on any atom is 0.261 e. The van der Waals surface area contributed by atoms with Gasteiger partial charge in [-0.3, -0.25) is 9.59 Å². The summed E-state index contributed by atoms with van der Waals surface area (Å²) in [7, 11) is -3.73. The fraction of sp³-hybridized carbons (Fsp3) is 0.217. The van der Waals surface area contributed by atoms with Gasteiger partial charge < -0.3 is 10.3 Å². The summed E-state index contributed by atoms with van der Waals surface area (Å²) in [4.78, 5) is 31.8. The second kappa shape index (κ2) is 8.84. The highest BCUT2D eigenvalue weighted by atomic mass is 32.2. The number of nitrogens with zero attached hydrogens (tertiary/aromatic N) is 3. The van der Waals surface area contributed by atoms with Crippen molar-refractivity contribution in [2.24, 2.45) is 0 Å². The molecule has 1 aliphatic rings. The van der Waals surface area contributed by atoms with E-state index in [0.29, 0.717) is 22.4 Å². The van der Waals surface area contributed by atoms with E-state index in [0.717, 1.165) is 25.7 Å². The fourth-order valence-electron chi connectivity index (χ4n) is 4.13.